The highest BCUT2D eigenvalue weighted by Crippen LogP contribution is 2.13. The Kier molecular flexibility index (Phi) is 5.26. The van der Waals surface area contributed by atoms with Gasteiger partial charge in [-0.05, 0) is 30.2 Å². The quantitative estimate of drug-likeness (QED) is 0.711. The van der Waals surface area contributed by atoms with Crippen LogP contribution in [0.25, 0.3) is 5.52 Å². The summed E-state index contributed by atoms with van der Waals surface area (Å²) in [6, 6.07) is 10.9. The second-order valence-corrected chi connectivity index (χ2v) is 6.35. The van der Waals surface area contributed by atoms with Crippen molar-refractivity contribution in [2.24, 2.45) is 5.92 Å². The van der Waals surface area contributed by atoms with Crippen molar-refractivity contribution >= 4 is 17.3 Å². The van der Waals surface area contributed by atoms with Gasteiger partial charge in [0.2, 0.25) is 5.82 Å². The molecule has 3 aromatic rings. The summed E-state index contributed by atoms with van der Waals surface area (Å²) >= 11 is 0. The van der Waals surface area contributed by atoms with Gasteiger partial charge in [0.15, 0.2) is 5.69 Å². The van der Waals surface area contributed by atoms with Crippen molar-refractivity contribution in [2.45, 2.75) is 20.4 Å². The molecule has 3 rings (SSSR count). The number of fused-ring (bicyclic) bond motifs is 1. The van der Waals surface area contributed by atoms with E-state index in [4.69, 9.17) is 0 Å². The molecule has 0 fully saturated rings. The summed E-state index contributed by atoms with van der Waals surface area (Å²) in [4.78, 5) is 33.5. The molecule has 7 heteroatoms. The largest absolute Gasteiger partial charge is 0.350 e. The van der Waals surface area contributed by atoms with Gasteiger partial charge in [0.05, 0.1) is 17.8 Å². The van der Waals surface area contributed by atoms with Gasteiger partial charge in [0.1, 0.15) is 0 Å². The monoisotopic (exact) mass is 351 g/mol. The standard InChI is InChI=1S/C19H21N5O2/c1-13(2)11-21-18(25)16-15-8-4-6-10-24(15)17(23-16)19(26)22-12-14-7-3-5-9-20-14/h3-10,13H,11-12H2,1-2H3,(H,21,25)(H,22,26). The van der Waals surface area contributed by atoms with Crippen LogP contribution in [0, 0.1) is 5.92 Å². The molecule has 0 aliphatic heterocycles. The lowest BCUT2D eigenvalue weighted by Gasteiger charge is -2.05. The number of rotatable bonds is 6. The van der Waals surface area contributed by atoms with E-state index in [1.807, 2.05) is 38.1 Å². The Hall–Kier alpha value is -3.22. The van der Waals surface area contributed by atoms with Crippen molar-refractivity contribution in [2.75, 3.05) is 6.54 Å². The van der Waals surface area contributed by atoms with Crippen LogP contribution in [-0.2, 0) is 6.54 Å². The van der Waals surface area contributed by atoms with Gasteiger partial charge in [-0.2, -0.15) is 0 Å². The van der Waals surface area contributed by atoms with Gasteiger partial charge in [0.25, 0.3) is 11.8 Å². The predicted octanol–water partition coefficient (Wildman–Crippen LogP) is 2.05. The number of hydrogen-bond donors (Lipinski definition) is 2. The molecule has 0 radical (unpaired) electrons. The van der Waals surface area contributed by atoms with Gasteiger partial charge in [-0.15, -0.1) is 0 Å². The van der Waals surface area contributed by atoms with Gasteiger partial charge in [-0.1, -0.05) is 26.0 Å². The van der Waals surface area contributed by atoms with Crippen molar-refractivity contribution in [3.05, 3.63) is 66.0 Å². The number of imidazole rings is 1. The maximum absolute atomic E-state index is 12.6. The minimum atomic E-state index is -0.361. The van der Waals surface area contributed by atoms with E-state index in [1.54, 1.807) is 28.9 Å². The molecule has 0 saturated heterocycles. The third-order valence-corrected chi connectivity index (χ3v) is 3.79. The first-order valence-corrected chi connectivity index (χ1v) is 8.49. The molecule has 134 valence electrons. The van der Waals surface area contributed by atoms with Crippen LogP contribution in [0.5, 0.6) is 0 Å². The van der Waals surface area contributed by atoms with Crippen LogP contribution in [0.4, 0.5) is 0 Å². The van der Waals surface area contributed by atoms with E-state index in [9.17, 15) is 9.59 Å². The second-order valence-electron chi connectivity index (χ2n) is 6.35. The highest BCUT2D eigenvalue weighted by Gasteiger charge is 2.21. The summed E-state index contributed by atoms with van der Waals surface area (Å²) in [5, 5.41) is 5.64. The first kappa shape index (κ1) is 17.6. The van der Waals surface area contributed by atoms with Crippen LogP contribution in [0.2, 0.25) is 0 Å². The number of amides is 2. The van der Waals surface area contributed by atoms with Crippen molar-refractivity contribution in [3.63, 3.8) is 0 Å². The molecule has 0 aliphatic rings. The molecule has 0 unspecified atom stereocenters. The minimum Gasteiger partial charge on any atom is -0.350 e. The van der Waals surface area contributed by atoms with Gasteiger partial charge in [-0.3, -0.25) is 19.0 Å². The summed E-state index contributed by atoms with van der Waals surface area (Å²) in [5.74, 6) is -0.147. The maximum Gasteiger partial charge on any atom is 0.288 e. The van der Waals surface area contributed by atoms with Crippen molar-refractivity contribution in [1.82, 2.24) is 25.0 Å². The van der Waals surface area contributed by atoms with Crippen LogP contribution in [0.3, 0.4) is 0 Å². The van der Waals surface area contributed by atoms with E-state index in [1.165, 1.54) is 0 Å². The number of carbonyl (C=O) groups excluding carboxylic acids is 2. The van der Waals surface area contributed by atoms with E-state index in [-0.39, 0.29) is 29.9 Å². The molecule has 2 amide bonds. The van der Waals surface area contributed by atoms with Gasteiger partial charge in [-0.25, -0.2) is 4.98 Å². The molecule has 26 heavy (non-hydrogen) atoms. The van der Waals surface area contributed by atoms with Crippen molar-refractivity contribution in [1.29, 1.82) is 0 Å². The molecule has 0 bridgehead atoms. The zero-order chi connectivity index (χ0) is 18.5. The Morgan fingerprint density at radius 3 is 2.62 bits per heavy atom. The number of nitrogens with zero attached hydrogens (tertiary/aromatic N) is 3. The number of carbonyl (C=O) groups is 2. The van der Waals surface area contributed by atoms with E-state index < -0.39 is 0 Å². The highest BCUT2D eigenvalue weighted by atomic mass is 16.2. The van der Waals surface area contributed by atoms with Crippen LogP contribution < -0.4 is 10.6 Å². The lowest BCUT2D eigenvalue weighted by molar-refractivity contribution is 0.0939. The summed E-state index contributed by atoms with van der Waals surface area (Å²) < 4.78 is 1.62. The van der Waals surface area contributed by atoms with E-state index in [0.717, 1.165) is 5.69 Å². The van der Waals surface area contributed by atoms with E-state index >= 15 is 0 Å². The molecule has 0 spiro atoms. The molecular formula is C19H21N5O2. The Morgan fingerprint density at radius 1 is 1.08 bits per heavy atom. The van der Waals surface area contributed by atoms with Crippen molar-refractivity contribution in [3.8, 4) is 0 Å². The van der Waals surface area contributed by atoms with Crippen molar-refractivity contribution < 1.29 is 9.59 Å². The third-order valence-electron chi connectivity index (χ3n) is 3.79. The molecule has 3 aromatic heterocycles. The first-order valence-electron chi connectivity index (χ1n) is 8.49. The zero-order valence-corrected chi connectivity index (χ0v) is 14.8. The maximum atomic E-state index is 12.6. The fourth-order valence-electron chi connectivity index (χ4n) is 2.50. The molecule has 0 atom stereocenters. The number of hydrogen-bond acceptors (Lipinski definition) is 4. The molecule has 0 aromatic carbocycles. The second kappa shape index (κ2) is 7.77. The summed E-state index contributed by atoms with van der Waals surface area (Å²) in [7, 11) is 0. The van der Waals surface area contributed by atoms with Crippen LogP contribution in [0.15, 0.2) is 48.8 Å². The van der Waals surface area contributed by atoms with Crippen LogP contribution in [0.1, 0.15) is 40.6 Å². The summed E-state index contributed by atoms with van der Waals surface area (Å²) in [5.41, 5.74) is 1.59. The van der Waals surface area contributed by atoms with Gasteiger partial charge < -0.3 is 10.6 Å². The lowest BCUT2D eigenvalue weighted by Crippen LogP contribution is -2.28. The highest BCUT2D eigenvalue weighted by molar-refractivity contribution is 6.02. The number of nitrogens with one attached hydrogen (secondary N) is 2. The fourth-order valence-corrected chi connectivity index (χ4v) is 2.50. The summed E-state index contributed by atoms with van der Waals surface area (Å²) in [6.45, 7) is 4.87. The normalized spacial score (nSPS) is 10.9. The SMILES string of the molecule is CC(C)CNC(=O)c1nc(C(=O)NCc2ccccn2)n2ccccc12. The Balaban J connectivity index is 1.84. The smallest absolute Gasteiger partial charge is 0.288 e. The van der Waals surface area contributed by atoms with Gasteiger partial charge >= 0.3 is 0 Å². The number of pyridine rings is 2. The Bertz CT molecular complexity index is 918. The molecule has 0 aliphatic carbocycles. The van der Waals surface area contributed by atoms with Crippen LogP contribution >= 0.6 is 0 Å². The molecule has 0 saturated carbocycles. The average molecular weight is 351 g/mol. The number of aromatic nitrogens is 3. The van der Waals surface area contributed by atoms with E-state index in [0.29, 0.717) is 18.0 Å². The predicted molar refractivity (Wildman–Crippen MR) is 97.8 cm³/mol. The molecule has 7 nitrogen and oxygen atoms in total. The zero-order valence-electron chi connectivity index (χ0n) is 14.8. The molecular weight excluding hydrogens is 330 g/mol. The average Bonchev–Trinajstić information content (AvgIpc) is 3.05. The third kappa shape index (κ3) is 3.88. The minimum absolute atomic E-state index is 0.172. The summed E-state index contributed by atoms with van der Waals surface area (Å²) in [6.07, 6.45) is 3.39. The molecule has 3 heterocycles. The lowest BCUT2D eigenvalue weighted by atomic mass is 10.2. The Labute approximate surface area is 151 Å². The first-order chi connectivity index (χ1) is 12.6. The molecule has 2 N–H and O–H groups in total. The van der Waals surface area contributed by atoms with Crippen LogP contribution in [-0.4, -0.2) is 32.7 Å². The topological polar surface area (TPSA) is 88.4 Å². The van der Waals surface area contributed by atoms with E-state index in [2.05, 4.69) is 20.6 Å². The van der Waals surface area contributed by atoms with Gasteiger partial charge in [0, 0.05) is 18.9 Å². The Morgan fingerprint density at radius 2 is 1.88 bits per heavy atom. The fraction of sp³-hybridized carbons (Fsp3) is 0.263.